The van der Waals surface area contributed by atoms with E-state index in [2.05, 4.69) is 11.8 Å². The quantitative estimate of drug-likeness (QED) is 0.475. The Labute approximate surface area is 177 Å². The van der Waals surface area contributed by atoms with E-state index in [1.165, 1.54) is 32.1 Å². The number of nitrogens with zero attached hydrogens (tertiary/aromatic N) is 3. The number of piperazine rings is 1. The van der Waals surface area contributed by atoms with Crippen LogP contribution in [0.25, 0.3) is 0 Å². The maximum absolute atomic E-state index is 14.4. The van der Waals surface area contributed by atoms with Gasteiger partial charge in [0.1, 0.15) is 0 Å². The third-order valence-electron chi connectivity index (χ3n) is 5.96. The van der Waals surface area contributed by atoms with Gasteiger partial charge >= 0.3 is 6.09 Å². The number of halogens is 1. The molecule has 0 spiro atoms. The summed E-state index contributed by atoms with van der Waals surface area (Å²) in [6, 6.07) is 5.03. The molecule has 1 aromatic rings. The number of benzene rings is 1. The lowest BCUT2D eigenvalue weighted by atomic mass is 10.1. The Morgan fingerprint density at radius 2 is 1.93 bits per heavy atom. The van der Waals surface area contributed by atoms with Gasteiger partial charge in [-0.2, -0.15) is 0 Å². The standard InChI is InChI=1S/C22H32FN3O4/c1-17-5-3-8-25(17)9-4-14-30-21-7-6-18(15-19(21)23)20(27)16-24-10-12-26(13-11-24)22(28)29-2/h6-7,15,17H,3-5,8-14,16H2,1-2H3. The van der Waals surface area contributed by atoms with E-state index in [9.17, 15) is 14.0 Å². The zero-order valence-corrected chi connectivity index (χ0v) is 17.9. The van der Waals surface area contributed by atoms with Crippen molar-refractivity contribution in [1.29, 1.82) is 0 Å². The molecule has 166 valence electrons. The zero-order chi connectivity index (χ0) is 21.5. The summed E-state index contributed by atoms with van der Waals surface area (Å²) in [6.07, 6.45) is 2.98. The molecule has 0 N–H and O–H groups in total. The molecule has 7 nitrogen and oxygen atoms in total. The molecule has 30 heavy (non-hydrogen) atoms. The number of hydrogen-bond acceptors (Lipinski definition) is 6. The first-order valence-electron chi connectivity index (χ1n) is 10.7. The monoisotopic (exact) mass is 421 g/mol. The highest BCUT2D eigenvalue weighted by Gasteiger charge is 2.23. The lowest BCUT2D eigenvalue weighted by Crippen LogP contribution is -2.49. The highest BCUT2D eigenvalue weighted by atomic mass is 19.1. The smallest absolute Gasteiger partial charge is 0.409 e. The van der Waals surface area contributed by atoms with Gasteiger partial charge in [0.2, 0.25) is 0 Å². The van der Waals surface area contributed by atoms with Gasteiger partial charge < -0.3 is 19.3 Å². The fourth-order valence-corrected chi connectivity index (χ4v) is 4.08. The minimum atomic E-state index is -0.508. The molecular weight excluding hydrogens is 389 g/mol. The molecule has 0 aliphatic carbocycles. The van der Waals surface area contributed by atoms with E-state index in [0.717, 1.165) is 19.5 Å². The molecule has 0 bridgehead atoms. The molecule has 0 radical (unpaired) electrons. The molecule has 1 atom stereocenters. The number of methoxy groups -OCH3 is 1. The minimum absolute atomic E-state index is 0.144. The van der Waals surface area contributed by atoms with Gasteiger partial charge in [-0.3, -0.25) is 9.69 Å². The summed E-state index contributed by atoms with van der Waals surface area (Å²) in [7, 11) is 1.36. The largest absolute Gasteiger partial charge is 0.490 e. The SMILES string of the molecule is COC(=O)N1CCN(CC(=O)c2ccc(OCCCN3CCCC3C)c(F)c2)CC1. The summed E-state index contributed by atoms with van der Waals surface area (Å²) in [4.78, 5) is 30.1. The minimum Gasteiger partial charge on any atom is -0.490 e. The number of likely N-dealkylation sites (tertiary alicyclic amines) is 1. The third-order valence-corrected chi connectivity index (χ3v) is 5.96. The zero-order valence-electron chi connectivity index (χ0n) is 17.9. The second-order valence-electron chi connectivity index (χ2n) is 8.03. The summed E-state index contributed by atoms with van der Waals surface area (Å²) < 4.78 is 24.7. The van der Waals surface area contributed by atoms with Gasteiger partial charge in [0.05, 0.1) is 20.3 Å². The second kappa shape index (κ2) is 10.7. The van der Waals surface area contributed by atoms with Crippen molar-refractivity contribution in [1.82, 2.24) is 14.7 Å². The molecule has 0 saturated carbocycles. The van der Waals surface area contributed by atoms with Gasteiger partial charge in [0, 0.05) is 44.3 Å². The van der Waals surface area contributed by atoms with Crippen molar-refractivity contribution in [2.24, 2.45) is 0 Å². The molecule has 1 aromatic carbocycles. The predicted octanol–water partition coefficient (Wildman–Crippen LogP) is 2.65. The fourth-order valence-electron chi connectivity index (χ4n) is 4.08. The average Bonchev–Trinajstić information content (AvgIpc) is 3.16. The van der Waals surface area contributed by atoms with E-state index in [4.69, 9.17) is 9.47 Å². The van der Waals surface area contributed by atoms with Crippen molar-refractivity contribution >= 4 is 11.9 Å². The molecule has 2 fully saturated rings. The van der Waals surface area contributed by atoms with Gasteiger partial charge in [-0.05, 0) is 50.9 Å². The predicted molar refractivity (Wildman–Crippen MR) is 112 cm³/mol. The van der Waals surface area contributed by atoms with Crippen LogP contribution in [0.15, 0.2) is 18.2 Å². The Balaban J connectivity index is 1.43. The van der Waals surface area contributed by atoms with Crippen molar-refractivity contribution in [3.8, 4) is 5.75 Å². The van der Waals surface area contributed by atoms with Crippen LogP contribution >= 0.6 is 0 Å². The molecular formula is C22H32FN3O4. The number of ether oxygens (including phenoxy) is 2. The van der Waals surface area contributed by atoms with Gasteiger partial charge in [-0.25, -0.2) is 9.18 Å². The Morgan fingerprint density at radius 1 is 1.17 bits per heavy atom. The molecule has 2 heterocycles. The first kappa shape index (κ1) is 22.5. The first-order valence-corrected chi connectivity index (χ1v) is 10.7. The maximum atomic E-state index is 14.4. The van der Waals surface area contributed by atoms with E-state index in [1.807, 2.05) is 4.90 Å². The Hall–Kier alpha value is -2.19. The maximum Gasteiger partial charge on any atom is 0.409 e. The van der Waals surface area contributed by atoms with Crippen molar-refractivity contribution in [2.75, 3.05) is 59.5 Å². The number of hydrogen-bond donors (Lipinski definition) is 0. The van der Waals surface area contributed by atoms with Crippen LogP contribution in [0.2, 0.25) is 0 Å². The number of carbonyl (C=O) groups excluding carboxylic acids is 2. The normalized spacial score (nSPS) is 20.4. The number of Topliss-reactive ketones (excluding diaryl/α,β-unsaturated/α-hetero) is 1. The lowest BCUT2D eigenvalue weighted by molar-refractivity contribution is 0.0790. The second-order valence-corrected chi connectivity index (χ2v) is 8.03. The molecule has 0 aromatic heterocycles. The first-order chi connectivity index (χ1) is 14.5. The summed E-state index contributed by atoms with van der Waals surface area (Å²) in [6.45, 7) is 7.17. The van der Waals surface area contributed by atoms with Gasteiger partial charge in [-0.15, -0.1) is 0 Å². The highest BCUT2D eigenvalue weighted by Crippen LogP contribution is 2.20. The van der Waals surface area contributed by atoms with Crippen molar-refractivity contribution in [3.63, 3.8) is 0 Å². The summed E-state index contributed by atoms with van der Waals surface area (Å²) in [5.74, 6) is -0.464. The number of rotatable bonds is 8. The van der Waals surface area contributed by atoms with E-state index in [1.54, 1.807) is 11.0 Å². The van der Waals surface area contributed by atoms with Gasteiger partial charge in [0.25, 0.3) is 0 Å². The summed E-state index contributed by atoms with van der Waals surface area (Å²) in [5.41, 5.74) is 0.334. The Bertz CT molecular complexity index is 737. The molecule has 3 rings (SSSR count). The lowest BCUT2D eigenvalue weighted by Gasteiger charge is -2.33. The van der Waals surface area contributed by atoms with Crippen molar-refractivity contribution in [2.45, 2.75) is 32.2 Å². The van der Waals surface area contributed by atoms with Crippen LogP contribution in [0.4, 0.5) is 9.18 Å². The van der Waals surface area contributed by atoms with Crippen LogP contribution in [0.1, 0.15) is 36.5 Å². The molecule has 2 aliphatic heterocycles. The fraction of sp³-hybridized carbons (Fsp3) is 0.636. The van der Waals surface area contributed by atoms with Crippen molar-refractivity contribution < 1.29 is 23.5 Å². The van der Waals surface area contributed by atoms with Crippen LogP contribution in [-0.4, -0.2) is 92.1 Å². The van der Waals surface area contributed by atoms with E-state index in [0.29, 0.717) is 44.4 Å². The van der Waals surface area contributed by atoms with Gasteiger partial charge in [0.15, 0.2) is 17.3 Å². The number of carbonyl (C=O) groups is 2. The van der Waals surface area contributed by atoms with E-state index in [-0.39, 0.29) is 24.2 Å². The Morgan fingerprint density at radius 3 is 2.57 bits per heavy atom. The molecule has 1 amide bonds. The van der Waals surface area contributed by atoms with Crippen LogP contribution in [0.3, 0.4) is 0 Å². The molecule has 1 unspecified atom stereocenters. The van der Waals surface area contributed by atoms with Crippen LogP contribution in [0.5, 0.6) is 5.75 Å². The average molecular weight is 422 g/mol. The number of ketones is 1. The van der Waals surface area contributed by atoms with Crippen LogP contribution in [0, 0.1) is 5.82 Å². The van der Waals surface area contributed by atoms with E-state index >= 15 is 0 Å². The summed E-state index contributed by atoms with van der Waals surface area (Å²) in [5, 5.41) is 0. The van der Waals surface area contributed by atoms with Crippen molar-refractivity contribution in [3.05, 3.63) is 29.6 Å². The highest BCUT2D eigenvalue weighted by molar-refractivity contribution is 5.97. The van der Waals surface area contributed by atoms with Gasteiger partial charge in [-0.1, -0.05) is 0 Å². The molecule has 2 saturated heterocycles. The van der Waals surface area contributed by atoms with E-state index < -0.39 is 5.82 Å². The number of amides is 1. The molecule has 8 heteroatoms. The van der Waals surface area contributed by atoms with Crippen LogP contribution in [-0.2, 0) is 4.74 Å². The molecule has 2 aliphatic rings. The van der Waals surface area contributed by atoms with Crippen LogP contribution < -0.4 is 4.74 Å². The Kier molecular flexibility index (Phi) is 8.04. The topological polar surface area (TPSA) is 62.3 Å². The summed E-state index contributed by atoms with van der Waals surface area (Å²) >= 11 is 0. The third kappa shape index (κ3) is 5.92.